The van der Waals surface area contributed by atoms with Crippen LogP contribution >= 0.6 is 0 Å². The zero-order chi connectivity index (χ0) is 20.2. The third-order valence-electron chi connectivity index (χ3n) is 4.83. The molecule has 0 bridgehead atoms. The van der Waals surface area contributed by atoms with Crippen LogP contribution in [-0.4, -0.2) is 65.8 Å². The highest BCUT2D eigenvalue weighted by Gasteiger charge is 2.37. The van der Waals surface area contributed by atoms with Crippen molar-refractivity contribution in [2.45, 2.75) is 13.1 Å². The van der Waals surface area contributed by atoms with Gasteiger partial charge >= 0.3 is 6.18 Å². The van der Waals surface area contributed by atoms with Crippen LogP contribution in [0.1, 0.15) is 11.6 Å². The van der Waals surface area contributed by atoms with Crippen molar-refractivity contribution in [3.63, 3.8) is 0 Å². The van der Waals surface area contributed by atoms with E-state index in [-0.39, 0.29) is 5.65 Å². The van der Waals surface area contributed by atoms with Crippen molar-refractivity contribution >= 4 is 22.9 Å². The van der Waals surface area contributed by atoms with E-state index in [0.29, 0.717) is 43.5 Å². The second-order valence-electron chi connectivity index (χ2n) is 6.67. The lowest BCUT2D eigenvalue weighted by Crippen LogP contribution is -2.47. The van der Waals surface area contributed by atoms with E-state index in [1.165, 1.54) is 6.07 Å². The van der Waals surface area contributed by atoms with Crippen molar-refractivity contribution in [1.29, 1.82) is 0 Å². The molecule has 0 atom stereocenters. The Bertz CT molecular complexity index is 1190. The summed E-state index contributed by atoms with van der Waals surface area (Å²) in [6, 6.07) is 6.89. The topological polar surface area (TPSA) is 92.6 Å². The highest BCUT2D eigenvalue weighted by atomic mass is 19.4. The normalized spacial score (nSPS) is 15.6. The van der Waals surface area contributed by atoms with Gasteiger partial charge in [0.25, 0.3) is 5.82 Å². The van der Waals surface area contributed by atoms with Crippen molar-refractivity contribution in [2.24, 2.45) is 0 Å². The number of hydrogen-bond donors (Lipinski definition) is 0. The number of halogens is 3. The fourth-order valence-corrected chi connectivity index (χ4v) is 3.34. The average molecular weight is 404 g/mol. The van der Waals surface area contributed by atoms with Gasteiger partial charge < -0.3 is 9.80 Å². The SMILES string of the molecule is Cc1nnc2ccc(N3CCN(c4ccc5nnc(C(F)(F)F)n5n4)CC3)nn12. The summed E-state index contributed by atoms with van der Waals surface area (Å²) < 4.78 is 41.7. The summed E-state index contributed by atoms with van der Waals surface area (Å²) in [5, 5.41) is 23.4. The first-order valence-corrected chi connectivity index (χ1v) is 8.89. The fraction of sp³-hybridized carbons (Fsp3) is 0.375. The molecule has 29 heavy (non-hydrogen) atoms. The van der Waals surface area contributed by atoms with Gasteiger partial charge in [0.15, 0.2) is 17.1 Å². The van der Waals surface area contributed by atoms with Gasteiger partial charge in [0.2, 0.25) is 0 Å². The summed E-state index contributed by atoms with van der Waals surface area (Å²) in [7, 11) is 0. The number of piperazine rings is 1. The van der Waals surface area contributed by atoms with Crippen LogP contribution in [0.3, 0.4) is 0 Å². The van der Waals surface area contributed by atoms with Crippen LogP contribution in [-0.2, 0) is 6.18 Å². The van der Waals surface area contributed by atoms with Gasteiger partial charge in [-0.3, -0.25) is 0 Å². The Balaban J connectivity index is 1.36. The molecule has 0 N–H and O–H groups in total. The molecule has 5 rings (SSSR count). The Morgan fingerprint density at radius 2 is 1.24 bits per heavy atom. The molecule has 1 aliphatic rings. The van der Waals surface area contributed by atoms with E-state index in [4.69, 9.17) is 0 Å². The van der Waals surface area contributed by atoms with E-state index < -0.39 is 12.0 Å². The van der Waals surface area contributed by atoms with E-state index in [9.17, 15) is 13.2 Å². The summed E-state index contributed by atoms with van der Waals surface area (Å²) >= 11 is 0. The predicted octanol–water partition coefficient (Wildman–Crippen LogP) is 1.22. The molecular weight excluding hydrogens is 389 g/mol. The molecule has 0 unspecified atom stereocenters. The third-order valence-corrected chi connectivity index (χ3v) is 4.83. The zero-order valence-corrected chi connectivity index (χ0v) is 15.2. The van der Waals surface area contributed by atoms with Crippen molar-refractivity contribution in [3.8, 4) is 0 Å². The number of fused-ring (bicyclic) bond motifs is 2. The molecule has 13 heteroatoms. The standard InChI is InChI=1S/C16H15F3N10/c1-10-20-21-11-2-4-13(24-28(10)11)26-6-8-27(9-7-26)14-5-3-12-22-23-15(16(17,18)19)29(12)25-14/h2-5H,6-9H2,1H3. The summed E-state index contributed by atoms with van der Waals surface area (Å²) in [5.41, 5.74) is 0.735. The van der Waals surface area contributed by atoms with Gasteiger partial charge in [0.1, 0.15) is 11.6 Å². The maximum atomic E-state index is 13.1. The lowest BCUT2D eigenvalue weighted by Gasteiger charge is -2.35. The average Bonchev–Trinajstić information content (AvgIpc) is 3.31. The third kappa shape index (κ3) is 2.98. The van der Waals surface area contributed by atoms with Crippen LogP contribution < -0.4 is 9.80 Å². The number of aromatic nitrogens is 8. The molecule has 150 valence electrons. The smallest absolute Gasteiger partial charge is 0.352 e. The fourth-order valence-electron chi connectivity index (χ4n) is 3.34. The van der Waals surface area contributed by atoms with Crippen molar-refractivity contribution in [1.82, 2.24) is 39.6 Å². The highest BCUT2D eigenvalue weighted by Crippen LogP contribution is 2.28. The van der Waals surface area contributed by atoms with Gasteiger partial charge in [0, 0.05) is 26.2 Å². The minimum absolute atomic E-state index is 0.0570. The molecule has 4 aromatic heterocycles. The van der Waals surface area contributed by atoms with E-state index in [1.807, 2.05) is 24.0 Å². The van der Waals surface area contributed by atoms with E-state index in [1.54, 1.807) is 10.6 Å². The number of rotatable bonds is 2. The molecule has 1 aliphatic heterocycles. The molecule has 1 saturated heterocycles. The molecular formula is C16H15F3N10. The number of aryl methyl sites for hydroxylation is 1. The Labute approximate surface area is 161 Å². The lowest BCUT2D eigenvalue weighted by molar-refractivity contribution is -0.146. The summed E-state index contributed by atoms with van der Waals surface area (Å²) in [5.74, 6) is 0.810. The lowest BCUT2D eigenvalue weighted by atomic mass is 10.3. The van der Waals surface area contributed by atoms with Crippen LogP contribution in [0, 0.1) is 6.92 Å². The second-order valence-corrected chi connectivity index (χ2v) is 6.67. The molecule has 0 amide bonds. The summed E-state index contributed by atoms with van der Waals surface area (Å²) in [6.45, 7) is 4.30. The van der Waals surface area contributed by atoms with Crippen LogP contribution in [0.4, 0.5) is 24.8 Å². The predicted molar refractivity (Wildman–Crippen MR) is 95.7 cm³/mol. The molecule has 0 aromatic carbocycles. The Kier molecular flexibility index (Phi) is 3.79. The van der Waals surface area contributed by atoms with Crippen LogP contribution in [0.25, 0.3) is 11.3 Å². The number of hydrogen-bond acceptors (Lipinski definition) is 8. The molecule has 0 radical (unpaired) electrons. The van der Waals surface area contributed by atoms with Gasteiger partial charge in [-0.05, 0) is 31.2 Å². The molecule has 4 aromatic rings. The van der Waals surface area contributed by atoms with Crippen molar-refractivity contribution in [2.75, 3.05) is 36.0 Å². The Morgan fingerprint density at radius 1 is 0.724 bits per heavy atom. The molecule has 5 heterocycles. The molecule has 0 spiro atoms. The maximum absolute atomic E-state index is 13.1. The maximum Gasteiger partial charge on any atom is 0.453 e. The van der Waals surface area contributed by atoms with Crippen molar-refractivity contribution in [3.05, 3.63) is 35.9 Å². The number of anilines is 2. The molecule has 1 fully saturated rings. The molecule has 10 nitrogen and oxygen atoms in total. The number of nitrogens with zero attached hydrogens (tertiary/aromatic N) is 10. The first kappa shape index (κ1) is 17.6. The minimum atomic E-state index is -4.62. The minimum Gasteiger partial charge on any atom is -0.352 e. The monoisotopic (exact) mass is 404 g/mol. The largest absolute Gasteiger partial charge is 0.453 e. The van der Waals surface area contributed by atoms with Gasteiger partial charge in [-0.2, -0.15) is 22.2 Å². The number of alkyl halides is 3. The molecule has 0 saturated carbocycles. The quantitative estimate of drug-likeness (QED) is 0.492. The first-order chi connectivity index (χ1) is 13.9. The van der Waals surface area contributed by atoms with Gasteiger partial charge in [0.05, 0.1) is 0 Å². The van der Waals surface area contributed by atoms with Gasteiger partial charge in [-0.1, -0.05) is 0 Å². The van der Waals surface area contributed by atoms with Crippen molar-refractivity contribution < 1.29 is 13.2 Å². The van der Waals surface area contributed by atoms with Crippen LogP contribution in [0.5, 0.6) is 0 Å². The van der Waals surface area contributed by atoms with E-state index in [2.05, 4.69) is 35.5 Å². The van der Waals surface area contributed by atoms with Gasteiger partial charge in [-0.25, -0.2) is 0 Å². The highest BCUT2D eigenvalue weighted by molar-refractivity contribution is 5.50. The zero-order valence-electron chi connectivity index (χ0n) is 15.2. The van der Waals surface area contributed by atoms with Crippen LogP contribution in [0.2, 0.25) is 0 Å². The second kappa shape index (κ2) is 6.25. The van der Waals surface area contributed by atoms with E-state index in [0.717, 1.165) is 10.3 Å². The van der Waals surface area contributed by atoms with E-state index >= 15 is 0 Å². The summed E-state index contributed by atoms with van der Waals surface area (Å²) in [6.07, 6.45) is -4.62. The summed E-state index contributed by atoms with van der Waals surface area (Å²) in [4.78, 5) is 4.03. The molecule has 0 aliphatic carbocycles. The van der Waals surface area contributed by atoms with Crippen LogP contribution in [0.15, 0.2) is 24.3 Å². The Hall–Kier alpha value is -3.51. The van der Waals surface area contributed by atoms with Gasteiger partial charge in [-0.15, -0.1) is 30.6 Å². The Morgan fingerprint density at radius 3 is 1.83 bits per heavy atom. The first-order valence-electron chi connectivity index (χ1n) is 8.89.